The maximum atomic E-state index is 5.24. The largest absolute Gasteiger partial charge is 0.497 e. The van der Waals surface area contributed by atoms with Crippen LogP contribution in [-0.4, -0.2) is 38.2 Å². The second-order valence-corrected chi connectivity index (χ2v) is 5.04. The maximum Gasteiger partial charge on any atom is 0.119 e. The molecule has 0 saturated carbocycles. The summed E-state index contributed by atoms with van der Waals surface area (Å²) < 4.78 is 6.39. The number of ether oxygens (including phenoxy) is 1. The number of hydrogen-bond acceptors (Lipinski definition) is 3. The minimum atomic E-state index is 0. The van der Waals surface area contributed by atoms with Crippen molar-refractivity contribution in [2.75, 3.05) is 27.2 Å². The lowest BCUT2D eigenvalue weighted by atomic mass is 10.1. The van der Waals surface area contributed by atoms with E-state index in [0.29, 0.717) is 6.04 Å². The van der Waals surface area contributed by atoms with Gasteiger partial charge in [-0.1, -0.05) is 15.9 Å². The highest BCUT2D eigenvalue weighted by molar-refractivity contribution is 9.10. The second kappa shape index (κ2) is 6.59. The highest BCUT2D eigenvalue weighted by Gasteiger charge is 2.21. The van der Waals surface area contributed by atoms with E-state index in [0.717, 1.165) is 29.9 Å². The third-order valence-electron chi connectivity index (χ3n) is 3.06. The molecular formula is C12H18BrClN2O. The molecule has 0 bridgehead atoms. The van der Waals surface area contributed by atoms with Crippen molar-refractivity contribution in [3.05, 3.63) is 28.2 Å². The fourth-order valence-electron chi connectivity index (χ4n) is 1.78. The molecule has 0 unspecified atom stereocenters. The molecule has 0 spiro atoms. The Morgan fingerprint density at radius 2 is 2.18 bits per heavy atom. The van der Waals surface area contributed by atoms with Crippen LogP contribution in [0.25, 0.3) is 0 Å². The summed E-state index contributed by atoms with van der Waals surface area (Å²) in [6.07, 6.45) is 0. The summed E-state index contributed by atoms with van der Waals surface area (Å²) in [5, 5.41) is 3.29. The summed E-state index contributed by atoms with van der Waals surface area (Å²) >= 11 is 3.58. The predicted octanol–water partition coefficient (Wildman–Crippen LogP) is 2.28. The zero-order chi connectivity index (χ0) is 11.5. The molecule has 0 atom stereocenters. The Balaban J connectivity index is 0.00000144. The van der Waals surface area contributed by atoms with Crippen molar-refractivity contribution in [2.24, 2.45) is 0 Å². The molecule has 0 aromatic heterocycles. The number of nitrogens with zero attached hydrogens (tertiary/aromatic N) is 1. The zero-order valence-corrected chi connectivity index (χ0v) is 12.5. The number of benzene rings is 1. The molecule has 0 aliphatic carbocycles. The Labute approximate surface area is 117 Å². The third-order valence-corrected chi connectivity index (χ3v) is 3.83. The van der Waals surface area contributed by atoms with Crippen LogP contribution >= 0.6 is 28.3 Å². The first-order chi connectivity index (χ1) is 7.70. The molecule has 1 saturated heterocycles. The summed E-state index contributed by atoms with van der Waals surface area (Å²) in [6, 6.07) is 6.77. The minimum Gasteiger partial charge on any atom is -0.497 e. The number of nitrogens with one attached hydrogen (secondary N) is 1. The molecule has 1 N–H and O–H groups in total. The standard InChI is InChI=1S/C12H17BrN2O.ClH/c1-15(10-6-14-7-10)8-9-5-11(16-2)3-4-12(9)13;/h3-5,10,14H,6-8H2,1-2H3;1H. The van der Waals surface area contributed by atoms with Gasteiger partial charge in [0.25, 0.3) is 0 Å². The predicted molar refractivity (Wildman–Crippen MR) is 76.1 cm³/mol. The fourth-order valence-corrected chi connectivity index (χ4v) is 2.15. The van der Waals surface area contributed by atoms with Gasteiger partial charge in [-0.3, -0.25) is 4.90 Å². The van der Waals surface area contributed by atoms with Crippen LogP contribution in [-0.2, 0) is 6.54 Å². The monoisotopic (exact) mass is 320 g/mol. The van der Waals surface area contributed by atoms with E-state index < -0.39 is 0 Å². The van der Waals surface area contributed by atoms with Crippen LogP contribution in [0.1, 0.15) is 5.56 Å². The van der Waals surface area contributed by atoms with E-state index in [9.17, 15) is 0 Å². The normalized spacial score (nSPS) is 15.3. The Kier molecular flexibility index (Phi) is 5.73. The SMILES string of the molecule is COc1ccc(Br)c(CN(C)C2CNC2)c1.Cl. The summed E-state index contributed by atoms with van der Waals surface area (Å²) in [5.41, 5.74) is 1.27. The van der Waals surface area contributed by atoms with Gasteiger partial charge < -0.3 is 10.1 Å². The minimum absolute atomic E-state index is 0. The van der Waals surface area contributed by atoms with Crippen molar-refractivity contribution in [3.8, 4) is 5.75 Å². The Morgan fingerprint density at radius 1 is 1.47 bits per heavy atom. The van der Waals surface area contributed by atoms with E-state index in [1.165, 1.54) is 5.56 Å². The zero-order valence-electron chi connectivity index (χ0n) is 10.1. The van der Waals surface area contributed by atoms with Gasteiger partial charge in [-0.2, -0.15) is 0 Å². The van der Waals surface area contributed by atoms with Crippen LogP contribution < -0.4 is 10.1 Å². The van der Waals surface area contributed by atoms with Crippen molar-refractivity contribution in [1.29, 1.82) is 0 Å². The number of hydrogen-bond donors (Lipinski definition) is 1. The molecule has 1 aromatic carbocycles. The first kappa shape index (κ1) is 14.8. The molecule has 5 heteroatoms. The van der Waals surface area contributed by atoms with Gasteiger partial charge >= 0.3 is 0 Å². The molecule has 96 valence electrons. The van der Waals surface area contributed by atoms with Crippen LogP contribution in [0.3, 0.4) is 0 Å². The summed E-state index contributed by atoms with van der Waals surface area (Å²) in [7, 11) is 3.87. The molecule has 3 nitrogen and oxygen atoms in total. The third kappa shape index (κ3) is 3.58. The van der Waals surface area contributed by atoms with Crippen molar-refractivity contribution < 1.29 is 4.74 Å². The average molecular weight is 322 g/mol. The lowest BCUT2D eigenvalue weighted by molar-refractivity contribution is 0.172. The van der Waals surface area contributed by atoms with Crippen molar-refractivity contribution in [2.45, 2.75) is 12.6 Å². The lowest BCUT2D eigenvalue weighted by Crippen LogP contribution is -2.55. The van der Waals surface area contributed by atoms with Gasteiger partial charge in [0.05, 0.1) is 7.11 Å². The molecule has 0 radical (unpaired) electrons. The van der Waals surface area contributed by atoms with Gasteiger partial charge in [0, 0.05) is 30.1 Å². The quantitative estimate of drug-likeness (QED) is 0.921. The van der Waals surface area contributed by atoms with Crippen LogP contribution in [0.2, 0.25) is 0 Å². The Hall–Kier alpha value is -0.290. The van der Waals surface area contributed by atoms with Gasteiger partial charge in [-0.05, 0) is 30.8 Å². The van der Waals surface area contributed by atoms with Crippen LogP contribution in [0.5, 0.6) is 5.75 Å². The molecule has 1 heterocycles. The van der Waals surface area contributed by atoms with E-state index in [-0.39, 0.29) is 12.4 Å². The molecule has 0 amide bonds. The van der Waals surface area contributed by atoms with E-state index in [1.807, 2.05) is 12.1 Å². The van der Waals surface area contributed by atoms with Gasteiger partial charge in [-0.25, -0.2) is 0 Å². The summed E-state index contributed by atoms with van der Waals surface area (Å²) in [5.74, 6) is 0.915. The topological polar surface area (TPSA) is 24.5 Å². The van der Waals surface area contributed by atoms with Gasteiger partial charge in [0.2, 0.25) is 0 Å². The van der Waals surface area contributed by atoms with Gasteiger partial charge in [0.15, 0.2) is 0 Å². The summed E-state index contributed by atoms with van der Waals surface area (Å²) in [4.78, 5) is 2.37. The molecular weight excluding hydrogens is 304 g/mol. The molecule has 17 heavy (non-hydrogen) atoms. The first-order valence-corrected chi connectivity index (χ1v) is 6.23. The van der Waals surface area contributed by atoms with Crippen LogP contribution in [0, 0.1) is 0 Å². The lowest BCUT2D eigenvalue weighted by Gasteiger charge is -2.35. The molecule has 1 aliphatic rings. The van der Waals surface area contributed by atoms with E-state index in [4.69, 9.17) is 4.74 Å². The van der Waals surface area contributed by atoms with Crippen molar-refractivity contribution in [1.82, 2.24) is 10.2 Å². The molecule has 1 aromatic rings. The number of methoxy groups -OCH3 is 1. The Bertz CT molecular complexity index is 372. The summed E-state index contributed by atoms with van der Waals surface area (Å²) in [6.45, 7) is 3.14. The van der Waals surface area contributed by atoms with Crippen molar-refractivity contribution in [3.63, 3.8) is 0 Å². The maximum absolute atomic E-state index is 5.24. The van der Waals surface area contributed by atoms with Crippen LogP contribution in [0.4, 0.5) is 0 Å². The second-order valence-electron chi connectivity index (χ2n) is 4.18. The molecule has 1 fully saturated rings. The number of halogens is 2. The number of rotatable bonds is 4. The van der Waals surface area contributed by atoms with Crippen LogP contribution in [0.15, 0.2) is 22.7 Å². The van der Waals surface area contributed by atoms with Gasteiger partial charge in [0.1, 0.15) is 5.75 Å². The highest BCUT2D eigenvalue weighted by atomic mass is 79.9. The van der Waals surface area contributed by atoms with E-state index >= 15 is 0 Å². The smallest absolute Gasteiger partial charge is 0.119 e. The average Bonchev–Trinajstić information content (AvgIpc) is 2.18. The van der Waals surface area contributed by atoms with E-state index in [1.54, 1.807) is 7.11 Å². The highest BCUT2D eigenvalue weighted by Crippen LogP contribution is 2.24. The molecule has 1 aliphatic heterocycles. The molecule has 2 rings (SSSR count). The van der Waals surface area contributed by atoms with Gasteiger partial charge in [-0.15, -0.1) is 12.4 Å². The van der Waals surface area contributed by atoms with E-state index in [2.05, 4.69) is 39.3 Å². The first-order valence-electron chi connectivity index (χ1n) is 5.44. The Morgan fingerprint density at radius 3 is 2.71 bits per heavy atom. The van der Waals surface area contributed by atoms with Crippen molar-refractivity contribution >= 4 is 28.3 Å². The number of likely N-dealkylation sites (N-methyl/N-ethyl adjacent to an activating group) is 1. The fraction of sp³-hybridized carbons (Fsp3) is 0.500.